The number of likely N-dealkylation sites (N-methyl/N-ethyl adjacent to an activating group) is 1. The molecule has 0 saturated heterocycles. The van der Waals surface area contributed by atoms with Crippen LogP contribution < -0.4 is 0 Å². The van der Waals surface area contributed by atoms with E-state index in [1.165, 1.54) is 0 Å². The number of rotatable bonds is 7. The lowest BCUT2D eigenvalue weighted by Crippen LogP contribution is -2.37. The summed E-state index contributed by atoms with van der Waals surface area (Å²) in [6.07, 6.45) is 4.73. The Labute approximate surface area is 124 Å². The standard InChI is InChI=1S/C16H21NO2S/c1-4-12(11-20-3)17(2)9-15(18)14-10-19-16-8-6-5-7-13(14)16/h5-8,10,12H,4,9,11H2,1-3H3. The van der Waals surface area contributed by atoms with Crippen molar-refractivity contribution >= 4 is 28.5 Å². The fourth-order valence-electron chi connectivity index (χ4n) is 2.38. The van der Waals surface area contributed by atoms with Gasteiger partial charge in [-0.1, -0.05) is 25.1 Å². The summed E-state index contributed by atoms with van der Waals surface area (Å²) in [6, 6.07) is 8.11. The lowest BCUT2D eigenvalue weighted by molar-refractivity contribution is 0.0925. The number of thioether (sulfide) groups is 1. The molecule has 20 heavy (non-hydrogen) atoms. The Bertz CT molecular complexity index is 579. The Morgan fingerprint density at radius 1 is 1.40 bits per heavy atom. The van der Waals surface area contributed by atoms with Crippen molar-refractivity contribution in [3.63, 3.8) is 0 Å². The molecule has 0 aliphatic rings. The van der Waals surface area contributed by atoms with E-state index in [0.717, 1.165) is 23.1 Å². The summed E-state index contributed by atoms with van der Waals surface area (Å²) >= 11 is 1.82. The molecule has 0 aliphatic carbocycles. The minimum absolute atomic E-state index is 0.122. The van der Waals surface area contributed by atoms with Crippen LogP contribution in [0.2, 0.25) is 0 Å². The third-order valence-corrected chi connectivity index (χ3v) is 4.35. The van der Waals surface area contributed by atoms with Crippen molar-refractivity contribution in [1.82, 2.24) is 4.90 Å². The van der Waals surface area contributed by atoms with Gasteiger partial charge in [-0.2, -0.15) is 11.8 Å². The minimum atomic E-state index is 0.122. The summed E-state index contributed by atoms with van der Waals surface area (Å²) in [4.78, 5) is 14.6. The number of ketones is 1. The van der Waals surface area contributed by atoms with Gasteiger partial charge in [0, 0.05) is 17.2 Å². The van der Waals surface area contributed by atoms with Crippen molar-refractivity contribution in [2.24, 2.45) is 0 Å². The normalized spacial score (nSPS) is 13.0. The first-order valence-electron chi connectivity index (χ1n) is 6.86. The molecular formula is C16H21NO2S. The second-order valence-electron chi connectivity index (χ2n) is 5.00. The van der Waals surface area contributed by atoms with Gasteiger partial charge in [0.2, 0.25) is 0 Å². The molecule has 1 aromatic heterocycles. The first-order valence-corrected chi connectivity index (χ1v) is 8.25. The van der Waals surface area contributed by atoms with Crippen LogP contribution in [0.3, 0.4) is 0 Å². The van der Waals surface area contributed by atoms with Crippen molar-refractivity contribution in [1.29, 1.82) is 0 Å². The first kappa shape index (κ1) is 15.1. The highest BCUT2D eigenvalue weighted by molar-refractivity contribution is 7.98. The van der Waals surface area contributed by atoms with Gasteiger partial charge in [-0.05, 0) is 25.8 Å². The van der Waals surface area contributed by atoms with E-state index in [0.29, 0.717) is 18.2 Å². The number of fused-ring (bicyclic) bond motifs is 1. The van der Waals surface area contributed by atoms with Crippen LogP contribution in [0.5, 0.6) is 0 Å². The molecule has 1 atom stereocenters. The quantitative estimate of drug-likeness (QED) is 0.729. The summed E-state index contributed by atoms with van der Waals surface area (Å²) in [5, 5.41) is 0.906. The highest BCUT2D eigenvalue weighted by Crippen LogP contribution is 2.21. The molecule has 0 spiro atoms. The maximum absolute atomic E-state index is 12.4. The number of furan rings is 1. The summed E-state index contributed by atoms with van der Waals surface area (Å²) in [5.41, 5.74) is 1.46. The van der Waals surface area contributed by atoms with Gasteiger partial charge < -0.3 is 4.42 Å². The summed E-state index contributed by atoms with van der Waals surface area (Å²) in [7, 11) is 2.02. The molecule has 2 aromatic rings. The second kappa shape index (κ2) is 6.95. The van der Waals surface area contributed by atoms with Crippen LogP contribution >= 0.6 is 11.8 Å². The van der Waals surface area contributed by atoms with Crippen molar-refractivity contribution in [3.8, 4) is 0 Å². The number of hydrogen-bond acceptors (Lipinski definition) is 4. The van der Waals surface area contributed by atoms with Crippen molar-refractivity contribution in [2.45, 2.75) is 19.4 Å². The van der Waals surface area contributed by atoms with E-state index in [9.17, 15) is 4.79 Å². The molecule has 1 aromatic carbocycles. The molecule has 108 valence electrons. The maximum atomic E-state index is 12.4. The van der Waals surface area contributed by atoms with Gasteiger partial charge in [-0.15, -0.1) is 0 Å². The second-order valence-corrected chi connectivity index (χ2v) is 5.91. The van der Waals surface area contributed by atoms with Gasteiger partial charge in [-0.3, -0.25) is 9.69 Å². The third kappa shape index (κ3) is 3.25. The Morgan fingerprint density at radius 3 is 2.85 bits per heavy atom. The molecule has 2 rings (SSSR count). The van der Waals surface area contributed by atoms with Gasteiger partial charge in [0.1, 0.15) is 11.8 Å². The van der Waals surface area contributed by atoms with Gasteiger partial charge in [0.05, 0.1) is 12.1 Å². The number of hydrogen-bond donors (Lipinski definition) is 0. The molecule has 0 saturated carbocycles. The topological polar surface area (TPSA) is 33.5 Å². The average molecular weight is 291 g/mol. The SMILES string of the molecule is CCC(CSC)N(C)CC(=O)c1coc2ccccc12. The zero-order chi connectivity index (χ0) is 14.5. The summed E-state index contributed by atoms with van der Waals surface area (Å²) < 4.78 is 5.44. The van der Waals surface area contributed by atoms with Crippen molar-refractivity contribution in [3.05, 3.63) is 36.1 Å². The van der Waals surface area contributed by atoms with E-state index >= 15 is 0 Å². The van der Waals surface area contributed by atoms with Gasteiger partial charge >= 0.3 is 0 Å². The predicted molar refractivity (Wildman–Crippen MR) is 85.6 cm³/mol. The average Bonchev–Trinajstić information content (AvgIpc) is 2.88. The molecule has 3 nitrogen and oxygen atoms in total. The van der Waals surface area contributed by atoms with Crippen molar-refractivity contribution < 1.29 is 9.21 Å². The lowest BCUT2D eigenvalue weighted by Gasteiger charge is -2.25. The van der Waals surface area contributed by atoms with Crippen LogP contribution in [0.4, 0.5) is 0 Å². The number of Topliss-reactive ketones (excluding diaryl/α,β-unsaturated/α-hetero) is 1. The number of carbonyl (C=O) groups is 1. The van der Waals surface area contributed by atoms with Crippen LogP contribution in [-0.4, -0.2) is 42.3 Å². The van der Waals surface area contributed by atoms with Crippen LogP contribution in [0.15, 0.2) is 34.9 Å². The first-order chi connectivity index (χ1) is 9.67. The molecule has 0 aliphatic heterocycles. The number of para-hydroxylation sites is 1. The number of nitrogens with zero attached hydrogens (tertiary/aromatic N) is 1. The number of benzene rings is 1. The van der Waals surface area contributed by atoms with E-state index < -0.39 is 0 Å². The molecular weight excluding hydrogens is 270 g/mol. The summed E-state index contributed by atoms with van der Waals surface area (Å²) in [5.74, 6) is 1.17. The zero-order valence-electron chi connectivity index (χ0n) is 12.3. The zero-order valence-corrected chi connectivity index (χ0v) is 13.1. The molecule has 0 N–H and O–H groups in total. The minimum Gasteiger partial charge on any atom is -0.464 e. The molecule has 1 unspecified atom stereocenters. The number of carbonyl (C=O) groups excluding carboxylic acids is 1. The highest BCUT2D eigenvalue weighted by Gasteiger charge is 2.19. The summed E-state index contributed by atoms with van der Waals surface area (Å²) in [6.45, 7) is 2.59. The van der Waals surface area contributed by atoms with Gasteiger partial charge in [0.25, 0.3) is 0 Å². The van der Waals surface area contributed by atoms with Gasteiger partial charge in [-0.25, -0.2) is 0 Å². The largest absolute Gasteiger partial charge is 0.464 e. The molecule has 4 heteroatoms. The highest BCUT2D eigenvalue weighted by atomic mass is 32.2. The van der Waals surface area contributed by atoms with E-state index in [2.05, 4.69) is 18.1 Å². The van der Waals surface area contributed by atoms with Crippen LogP contribution in [0.25, 0.3) is 11.0 Å². The Kier molecular flexibility index (Phi) is 5.26. The predicted octanol–water partition coefficient (Wildman–Crippen LogP) is 3.69. The van der Waals surface area contributed by atoms with Crippen molar-refractivity contribution in [2.75, 3.05) is 25.6 Å². The molecule has 0 fully saturated rings. The lowest BCUT2D eigenvalue weighted by atomic mass is 10.1. The van der Waals surface area contributed by atoms with Crippen LogP contribution in [-0.2, 0) is 0 Å². The Morgan fingerprint density at radius 2 is 2.15 bits per heavy atom. The monoisotopic (exact) mass is 291 g/mol. The smallest absolute Gasteiger partial charge is 0.180 e. The van der Waals surface area contributed by atoms with E-state index in [1.54, 1.807) is 6.26 Å². The molecule has 0 amide bonds. The van der Waals surface area contributed by atoms with Crippen LogP contribution in [0, 0.1) is 0 Å². The van der Waals surface area contributed by atoms with Gasteiger partial charge in [0.15, 0.2) is 5.78 Å². The molecule has 1 heterocycles. The Balaban J connectivity index is 2.11. The third-order valence-electron chi connectivity index (χ3n) is 3.63. The molecule has 0 bridgehead atoms. The maximum Gasteiger partial charge on any atom is 0.180 e. The molecule has 0 radical (unpaired) electrons. The van der Waals surface area contributed by atoms with E-state index in [4.69, 9.17) is 4.42 Å². The van der Waals surface area contributed by atoms with Crippen LogP contribution in [0.1, 0.15) is 23.7 Å². The fourth-order valence-corrected chi connectivity index (χ4v) is 3.26. The van der Waals surface area contributed by atoms with E-state index in [1.807, 2.05) is 43.1 Å². The van der Waals surface area contributed by atoms with E-state index in [-0.39, 0.29) is 5.78 Å². The fraction of sp³-hybridized carbons (Fsp3) is 0.438. The Hall–Kier alpha value is -1.26.